The number of aryl methyl sites for hydroxylation is 2. The third kappa shape index (κ3) is 8.66. The Morgan fingerprint density at radius 1 is 0.854 bits per heavy atom. The summed E-state index contributed by atoms with van der Waals surface area (Å²) in [5.74, 6) is 0.768. The molecule has 41 heavy (non-hydrogen) atoms. The molecule has 2 heterocycles. The van der Waals surface area contributed by atoms with E-state index >= 15 is 0 Å². The molecule has 1 aliphatic heterocycles. The van der Waals surface area contributed by atoms with Gasteiger partial charge in [0, 0.05) is 43.0 Å². The summed E-state index contributed by atoms with van der Waals surface area (Å²) in [7, 11) is 0. The van der Waals surface area contributed by atoms with Gasteiger partial charge in [0.15, 0.2) is 0 Å². The Morgan fingerprint density at radius 2 is 1.51 bits per heavy atom. The molecule has 1 fully saturated rings. The summed E-state index contributed by atoms with van der Waals surface area (Å²) < 4.78 is 5.98. The zero-order chi connectivity index (χ0) is 28.3. The smallest absolute Gasteiger partial charge is 0.128 e. The van der Waals surface area contributed by atoms with Crippen LogP contribution in [0.15, 0.2) is 108 Å². The number of fused-ring (bicyclic) bond motifs is 1. The van der Waals surface area contributed by atoms with Crippen molar-refractivity contribution in [3.05, 3.63) is 120 Å². The van der Waals surface area contributed by atoms with E-state index < -0.39 is 6.10 Å². The second kappa shape index (κ2) is 14.8. The van der Waals surface area contributed by atoms with Crippen LogP contribution in [-0.2, 0) is 12.8 Å². The van der Waals surface area contributed by atoms with Crippen LogP contribution in [-0.4, -0.2) is 53.4 Å². The highest BCUT2D eigenvalue weighted by Crippen LogP contribution is 2.24. The number of hydrogen-bond acceptors (Lipinski definition) is 5. The SMILES string of the molecule is CC(NC(CCCc1ccccc1)CCCc1ccccc1)=C1CN(C[C@H](O)COc2cccc3ncccc23)C1. The molecule has 1 saturated heterocycles. The summed E-state index contributed by atoms with van der Waals surface area (Å²) in [4.78, 5) is 6.67. The monoisotopic (exact) mass is 549 g/mol. The van der Waals surface area contributed by atoms with Crippen molar-refractivity contribution in [2.45, 2.75) is 57.6 Å². The fourth-order valence-electron chi connectivity index (χ4n) is 5.69. The lowest BCUT2D eigenvalue weighted by Gasteiger charge is -2.37. The third-order valence-electron chi connectivity index (χ3n) is 8.01. The molecule has 0 saturated carbocycles. The van der Waals surface area contributed by atoms with Crippen LogP contribution in [0.5, 0.6) is 5.75 Å². The van der Waals surface area contributed by atoms with Crippen molar-refractivity contribution in [2.75, 3.05) is 26.2 Å². The molecule has 4 aromatic rings. The van der Waals surface area contributed by atoms with E-state index in [2.05, 4.69) is 82.8 Å². The van der Waals surface area contributed by atoms with Crippen molar-refractivity contribution in [2.24, 2.45) is 0 Å². The Bertz CT molecular complexity index is 1330. The molecule has 0 spiro atoms. The van der Waals surface area contributed by atoms with Crippen LogP contribution in [0, 0.1) is 0 Å². The minimum absolute atomic E-state index is 0.270. The molecule has 5 nitrogen and oxygen atoms in total. The molecule has 1 atom stereocenters. The molecule has 0 bridgehead atoms. The standard InChI is InChI=1S/C36H43N3O2/c1-28(31-24-39(25-31)26-33(40)27-41-36-22-10-21-35-34(36)20-11-23-37-35)38-32(18-8-16-29-12-4-2-5-13-29)19-9-17-30-14-6-3-7-15-30/h2-7,10-15,20-23,32-33,38,40H,8-9,16-19,24-27H2,1H3/t33-/m0/s1. The van der Waals surface area contributed by atoms with Crippen molar-refractivity contribution in [3.63, 3.8) is 0 Å². The van der Waals surface area contributed by atoms with Gasteiger partial charge in [-0.3, -0.25) is 9.88 Å². The van der Waals surface area contributed by atoms with Gasteiger partial charge in [0.05, 0.1) is 5.52 Å². The molecule has 2 N–H and O–H groups in total. The number of benzene rings is 3. The number of allylic oxidation sites excluding steroid dienone is 1. The topological polar surface area (TPSA) is 57.6 Å². The van der Waals surface area contributed by atoms with Gasteiger partial charge < -0.3 is 15.2 Å². The molecule has 0 amide bonds. The predicted molar refractivity (Wildman–Crippen MR) is 168 cm³/mol. The van der Waals surface area contributed by atoms with Crippen molar-refractivity contribution in [3.8, 4) is 5.75 Å². The second-order valence-corrected chi connectivity index (χ2v) is 11.3. The lowest BCUT2D eigenvalue weighted by Crippen LogP contribution is -2.47. The summed E-state index contributed by atoms with van der Waals surface area (Å²) in [6.07, 6.45) is 8.18. The first-order chi connectivity index (χ1) is 20.1. The molecular weight excluding hydrogens is 506 g/mol. The molecule has 0 unspecified atom stereocenters. The number of hydrogen-bond donors (Lipinski definition) is 2. The number of rotatable bonds is 15. The van der Waals surface area contributed by atoms with Crippen LogP contribution in [0.4, 0.5) is 0 Å². The molecule has 0 radical (unpaired) electrons. The fourth-order valence-corrected chi connectivity index (χ4v) is 5.69. The second-order valence-electron chi connectivity index (χ2n) is 11.3. The van der Waals surface area contributed by atoms with Crippen molar-refractivity contribution in [1.82, 2.24) is 15.2 Å². The van der Waals surface area contributed by atoms with Gasteiger partial charge in [0.1, 0.15) is 18.5 Å². The number of aliphatic hydroxyl groups is 1. The lowest BCUT2D eigenvalue weighted by atomic mass is 9.98. The van der Waals surface area contributed by atoms with E-state index in [0.29, 0.717) is 12.6 Å². The summed E-state index contributed by atoms with van der Waals surface area (Å²) in [5.41, 5.74) is 6.48. The van der Waals surface area contributed by atoms with Gasteiger partial charge in [-0.15, -0.1) is 0 Å². The maximum absolute atomic E-state index is 10.7. The van der Waals surface area contributed by atoms with E-state index in [1.165, 1.54) is 35.2 Å². The number of nitrogens with one attached hydrogen (secondary N) is 1. The molecule has 214 valence electrons. The number of β-amino-alcohol motifs (C(OH)–C–C–N with tert-alkyl or cyclic N) is 1. The van der Waals surface area contributed by atoms with E-state index in [1.807, 2.05) is 30.3 Å². The molecule has 3 aromatic carbocycles. The first-order valence-corrected chi connectivity index (χ1v) is 15.0. The zero-order valence-corrected chi connectivity index (χ0v) is 24.2. The highest BCUT2D eigenvalue weighted by molar-refractivity contribution is 5.84. The van der Waals surface area contributed by atoms with E-state index in [-0.39, 0.29) is 6.61 Å². The highest BCUT2D eigenvalue weighted by atomic mass is 16.5. The third-order valence-corrected chi connectivity index (χ3v) is 8.01. The van der Waals surface area contributed by atoms with Gasteiger partial charge in [-0.2, -0.15) is 0 Å². The lowest BCUT2D eigenvalue weighted by molar-refractivity contribution is 0.0622. The van der Waals surface area contributed by atoms with Crippen LogP contribution in [0.2, 0.25) is 0 Å². The van der Waals surface area contributed by atoms with Gasteiger partial charge >= 0.3 is 0 Å². The number of aliphatic hydroxyl groups excluding tert-OH is 1. The average Bonchev–Trinajstić information content (AvgIpc) is 2.98. The molecule has 0 aliphatic carbocycles. The first-order valence-electron chi connectivity index (χ1n) is 15.0. The molecule has 5 rings (SSSR count). The highest BCUT2D eigenvalue weighted by Gasteiger charge is 2.25. The summed E-state index contributed by atoms with van der Waals surface area (Å²) in [6.45, 7) is 4.90. The van der Waals surface area contributed by atoms with Crippen LogP contribution in [0.25, 0.3) is 10.9 Å². The molecule has 5 heteroatoms. The number of aromatic nitrogens is 1. The number of likely N-dealkylation sites (tertiary alicyclic amines) is 1. The van der Waals surface area contributed by atoms with Gasteiger partial charge in [-0.05, 0) is 86.4 Å². The van der Waals surface area contributed by atoms with Crippen molar-refractivity contribution >= 4 is 10.9 Å². The number of pyridine rings is 1. The minimum Gasteiger partial charge on any atom is -0.490 e. The number of nitrogens with zero attached hydrogens (tertiary/aromatic N) is 2. The van der Waals surface area contributed by atoms with Crippen molar-refractivity contribution < 1.29 is 9.84 Å². The Morgan fingerprint density at radius 3 is 2.17 bits per heavy atom. The summed E-state index contributed by atoms with van der Waals surface area (Å²) in [5, 5.41) is 15.5. The largest absolute Gasteiger partial charge is 0.490 e. The predicted octanol–water partition coefficient (Wildman–Crippen LogP) is 6.57. The van der Waals surface area contributed by atoms with Crippen LogP contribution in [0.3, 0.4) is 0 Å². The number of ether oxygens (including phenoxy) is 1. The van der Waals surface area contributed by atoms with Gasteiger partial charge in [-0.1, -0.05) is 66.7 Å². The van der Waals surface area contributed by atoms with Gasteiger partial charge in [0.2, 0.25) is 0 Å². The Labute approximate surface area is 244 Å². The van der Waals surface area contributed by atoms with Crippen LogP contribution >= 0.6 is 0 Å². The van der Waals surface area contributed by atoms with Crippen molar-refractivity contribution in [1.29, 1.82) is 0 Å². The maximum atomic E-state index is 10.7. The maximum Gasteiger partial charge on any atom is 0.128 e. The zero-order valence-electron chi connectivity index (χ0n) is 24.2. The molecule has 1 aromatic heterocycles. The van der Waals surface area contributed by atoms with E-state index in [1.54, 1.807) is 6.20 Å². The van der Waals surface area contributed by atoms with Crippen LogP contribution in [0.1, 0.15) is 43.7 Å². The van der Waals surface area contributed by atoms with E-state index in [0.717, 1.165) is 55.4 Å². The summed E-state index contributed by atoms with van der Waals surface area (Å²) in [6, 6.07) is 31.8. The van der Waals surface area contributed by atoms with Gasteiger partial charge in [0.25, 0.3) is 0 Å². The minimum atomic E-state index is -0.541. The first kappa shape index (κ1) is 28.8. The fraction of sp³-hybridized carbons (Fsp3) is 0.361. The normalized spacial score (nSPS) is 14.2. The average molecular weight is 550 g/mol. The Balaban J connectivity index is 1.09. The Kier molecular flexibility index (Phi) is 10.4. The van der Waals surface area contributed by atoms with Crippen LogP contribution < -0.4 is 10.1 Å². The molecular formula is C36H43N3O2. The van der Waals surface area contributed by atoms with E-state index in [4.69, 9.17) is 4.74 Å². The molecule has 1 aliphatic rings. The quantitative estimate of drug-likeness (QED) is 0.176. The Hall–Kier alpha value is -3.67. The van der Waals surface area contributed by atoms with E-state index in [9.17, 15) is 5.11 Å². The summed E-state index contributed by atoms with van der Waals surface area (Å²) >= 11 is 0. The van der Waals surface area contributed by atoms with Gasteiger partial charge in [-0.25, -0.2) is 0 Å².